The molecule has 0 aromatic carbocycles. The van der Waals surface area contributed by atoms with Crippen molar-refractivity contribution in [3.05, 3.63) is 0 Å². The van der Waals surface area contributed by atoms with Gasteiger partial charge in [-0.3, -0.25) is 0 Å². The summed E-state index contributed by atoms with van der Waals surface area (Å²) < 4.78 is 0. The van der Waals surface area contributed by atoms with Crippen LogP contribution < -0.4 is 5.32 Å². The van der Waals surface area contributed by atoms with Gasteiger partial charge in [0.05, 0.1) is 12.1 Å². The predicted octanol–water partition coefficient (Wildman–Crippen LogP) is 0.649. The summed E-state index contributed by atoms with van der Waals surface area (Å²) in [4.78, 5) is 0. The van der Waals surface area contributed by atoms with Gasteiger partial charge in [0.15, 0.2) is 5.60 Å². The molecule has 1 heterocycles. The Morgan fingerprint density at radius 1 is 1.67 bits per heavy atom. The molecule has 2 atom stereocenters. The lowest BCUT2D eigenvalue weighted by atomic mass is 9.81. The number of piperidine rings is 1. The van der Waals surface area contributed by atoms with Gasteiger partial charge in [-0.25, -0.2) is 0 Å². The first-order chi connectivity index (χ1) is 5.60. The largest absolute Gasteiger partial charge is 0.374 e. The van der Waals surface area contributed by atoms with E-state index in [1.165, 1.54) is 0 Å². The lowest BCUT2D eigenvalue weighted by Crippen LogP contribution is -2.56. The van der Waals surface area contributed by atoms with Crippen molar-refractivity contribution >= 4 is 0 Å². The molecule has 0 aromatic rings. The minimum absolute atomic E-state index is 0.0729. The van der Waals surface area contributed by atoms with E-state index in [9.17, 15) is 5.11 Å². The van der Waals surface area contributed by atoms with Crippen LogP contribution in [-0.4, -0.2) is 23.3 Å². The number of hydrogen-bond donors (Lipinski definition) is 2. The lowest BCUT2D eigenvalue weighted by Gasteiger charge is -2.37. The van der Waals surface area contributed by atoms with E-state index >= 15 is 0 Å². The maximum absolute atomic E-state index is 9.89. The normalized spacial score (nSPS) is 36.4. The number of aliphatic hydroxyl groups is 1. The van der Waals surface area contributed by atoms with E-state index in [0.29, 0.717) is 12.3 Å². The van der Waals surface area contributed by atoms with Crippen molar-refractivity contribution in [2.45, 2.75) is 38.3 Å². The van der Waals surface area contributed by atoms with Crippen molar-refractivity contribution in [2.24, 2.45) is 5.92 Å². The second-order valence-corrected chi connectivity index (χ2v) is 3.82. The van der Waals surface area contributed by atoms with Crippen LogP contribution in [0.2, 0.25) is 0 Å². The number of nitrogens with zero attached hydrogens (tertiary/aromatic N) is 1. The maximum atomic E-state index is 9.89. The summed E-state index contributed by atoms with van der Waals surface area (Å²) in [5.41, 5.74) is -1.15. The molecule has 1 rings (SSSR count). The predicted molar refractivity (Wildman–Crippen MR) is 46.4 cm³/mol. The Hall–Kier alpha value is -0.590. The van der Waals surface area contributed by atoms with Crippen molar-refractivity contribution in [1.82, 2.24) is 5.32 Å². The highest BCUT2D eigenvalue weighted by molar-refractivity contribution is 5.10. The van der Waals surface area contributed by atoms with Crippen LogP contribution >= 0.6 is 0 Å². The number of nitrogens with one attached hydrogen (secondary N) is 1. The van der Waals surface area contributed by atoms with E-state index in [0.717, 1.165) is 13.0 Å². The molecule has 3 heteroatoms. The molecule has 2 N–H and O–H groups in total. The van der Waals surface area contributed by atoms with Crippen molar-refractivity contribution in [3.8, 4) is 6.07 Å². The highest BCUT2D eigenvalue weighted by atomic mass is 16.3. The van der Waals surface area contributed by atoms with E-state index in [1.807, 2.05) is 19.9 Å². The third kappa shape index (κ3) is 1.60. The summed E-state index contributed by atoms with van der Waals surface area (Å²) in [5, 5.41) is 21.9. The number of nitriles is 1. The fourth-order valence-corrected chi connectivity index (χ4v) is 1.85. The van der Waals surface area contributed by atoms with Crippen LogP contribution in [0.4, 0.5) is 0 Å². The molecule has 0 aromatic heterocycles. The molecule has 0 saturated carbocycles. The van der Waals surface area contributed by atoms with Crippen molar-refractivity contribution in [2.75, 3.05) is 6.54 Å². The average molecular weight is 168 g/mol. The van der Waals surface area contributed by atoms with E-state index in [1.54, 1.807) is 0 Å². The minimum atomic E-state index is -1.15. The summed E-state index contributed by atoms with van der Waals surface area (Å²) in [6, 6.07) is 1.93. The van der Waals surface area contributed by atoms with Crippen LogP contribution in [0, 0.1) is 17.2 Å². The third-order valence-electron chi connectivity index (χ3n) is 2.47. The first-order valence-electron chi connectivity index (χ1n) is 4.47. The minimum Gasteiger partial charge on any atom is -0.374 e. The molecule has 68 valence electrons. The number of rotatable bonds is 1. The Morgan fingerprint density at radius 3 is 2.75 bits per heavy atom. The highest BCUT2D eigenvalue weighted by Gasteiger charge is 2.40. The van der Waals surface area contributed by atoms with Crippen molar-refractivity contribution < 1.29 is 5.11 Å². The molecule has 0 spiro atoms. The Morgan fingerprint density at radius 2 is 2.33 bits per heavy atom. The Kier molecular flexibility index (Phi) is 2.71. The number of hydrogen-bond acceptors (Lipinski definition) is 3. The van der Waals surface area contributed by atoms with Crippen LogP contribution in [0.15, 0.2) is 0 Å². The van der Waals surface area contributed by atoms with E-state index in [2.05, 4.69) is 5.32 Å². The Labute approximate surface area is 73.4 Å². The highest BCUT2D eigenvalue weighted by Crippen LogP contribution is 2.25. The zero-order valence-corrected chi connectivity index (χ0v) is 7.67. The molecule has 0 aliphatic carbocycles. The quantitative estimate of drug-likeness (QED) is 0.565. The van der Waals surface area contributed by atoms with E-state index in [4.69, 9.17) is 5.26 Å². The van der Waals surface area contributed by atoms with Gasteiger partial charge in [0.1, 0.15) is 0 Å². The standard InChI is InChI=1S/C9H16N2O/c1-7(2)8-9(12,6-10)4-3-5-11-8/h7-8,11-12H,3-5H2,1-2H3. The molecule has 12 heavy (non-hydrogen) atoms. The molecule has 1 aliphatic heterocycles. The van der Waals surface area contributed by atoms with Gasteiger partial charge >= 0.3 is 0 Å². The fraction of sp³-hybridized carbons (Fsp3) is 0.889. The first-order valence-corrected chi connectivity index (χ1v) is 4.47. The van der Waals surface area contributed by atoms with Gasteiger partial charge in [-0.1, -0.05) is 13.8 Å². The smallest absolute Gasteiger partial charge is 0.166 e. The summed E-state index contributed by atoms with van der Waals surface area (Å²) >= 11 is 0. The second-order valence-electron chi connectivity index (χ2n) is 3.82. The Balaban J connectivity index is 2.75. The van der Waals surface area contributed by atoms with Gasteiger partial charge in [0.25, 0.3) is 0 Å². The molecular weight excluding hydrogens is 152 g/mol. The monoisotopic (exact) mass is 168 g/mol. The summed E-state index contributed by atoms with van der Waals surface area (Å²) in [6.07, 6.45) is 1.48. The van der Waals surface area contributed by atoms with Gasteiger partial charge in [0.2, 0.25) is 0 Å². The molecule has 2 unspecified atom stereocenters. The molecule has 0 bridgehead atoms. The van der Waals surface area contributed by atoms with Crippen LogP contribution in [0.25, 0.3) is 0 Å². The molecule has 0 amide bonds. The van der Waals surface area contributed by atoms with Crippen LogP contribution in [-0.2, 0) is 0 Å². The van der Waals surface area contributed by atoms with E-state index < -0.39 is 5.60 Å². The van der Waals surface area contributed by atoms with Crippen LogP contribution in [0.1, 0.15) is 26.7 Å². The molecule has 3 nitrogen and oxygen atoms in total. The molecule has 0 radical (unpaired) electrons. The van der Waals surface area contributed by atoms with Crippen molar-refractivity contribution in [1.29, 1.82) is 5.26 Å². The van der Waals surface area contributed by atoms with Gasteiger partial charge in [-0.15, -0.1) is 0 Å². The fourth-order valence-electron chi connectivity index (χ4n) is 1.85. The molecular formula is C9H16N2O. The zero-order chi connectivity index (χ0) is 9.19. The van der Waals surface area contributed by atoms with Gasteiger partial charge in [-0.05, 0) is 25.3 Å². The summed E-state index contributed by atoms with van der Waals surface area (Å²) in [7, 11) is 0. The van der Waals surface area contributed by atoms with Crippen LogP contribution in [0.3, 0.4) is 0 Å². The average Bonchev–Trinajstić information content (AvgIpc) is 2.05. The Bertz CT molecular complexity index is 197. The topological polar surface area (TPSA) is 56.0 Å². The van der Waals surface area contributed by atoms with Crippen LogP contribution in [0.5, 0.6) is 0 Å². The summed E-state index contributed by atoms with van der Waals surface area (Å²) in [5.74, 6) is 0.301. The van der Waals surface area contributed by atoms with Crippen molar-refractivity contribution in [3.63, 3.8) is 0 Å². The molecule has 1 aliphatic rings. The summed E-state index contributed by atoms with van der Waals surface area (Å²) in [6.45, 7) is 4.95. The second kappa shape index (κ2) is 3.42. The lowest BCUT2D eigenvalue weighted by molar-refractivity contribution is 0.0111. The van der Waals surface area contributed by atoms with E-state index in [-0.39, 0.29) is 6.04 Å². The zero-order valence-electron chi connectivity index (χ0n) is 7.67. The molecule has 1 fully saturated rings. The molecule has 1 saturated heterocycles. The third-order valence-corrected chi connectivity index (χ3v) is 2.47. The SMILES string of the molecule is CC(C)C1NCCCC1(O)C#N. The van der Waals surface area contributed by atoms with Gasteiger partial charge in [0, 0.05) is 0 Å². The maximum Gasteiger partial charge on any atom is 0.166 e. The first kappa shape index (κ1) is 9.50. The van der Waals surface area contributed by atoms with Gasteiger partial charge < -0.3 is 10.4 Å². The van der Waals surface area contributed by atoms with Gasteiger partial charge in [-0.2, -0.15) is 5.26 Å².